The number of carbonyl (C=O) groups is 1. The normalized spacial score (nSPS) is 20.9. The van der Waals surface area contributed by atoms with Gasteiger partial charge in [0.25, 0.3) is 0 Å². The molecule has 0 saturated carbocycles. The van der Waals surface area contributed by atoms with Crippen LogP contribution in [0.15, 0.2) is 0 Å². The number of nitrogens with zero attached hydrogens (tertiary/aromatic N) is 2. The molecule has 20 heavy (non-hydrogen) atoms. The maximum Gasteiger partial charge on any atom is 0.410 e. The van der Waals surface area contributed by atoms with Gasteiger partial charge in [0.2, 0.25) is 0 Å². The van der Waals surface area contributed by atoms with Gasteiger partial charge in [-0.1, -0.05) is 0 Å². The van der Waals surface area contributed by atoms with Crippen LogP contribution in [0.5, 0.6) is 0 Å². The lowest BCUT2D eigenvalue weighted by molar-refractivity contribution is -0.154. The highest BCUT2D eigenvalue weighted by Crippen LogP contribution is 2.26. The molecular weight excluding hydrogens is 273 g/mol. The minimum absolute atomic E-state index is 0.172. The van der Waals surface area contributed by atoms with Crippen LogP contribution in [0.1, 0.15) is 34.6 Å². The molecule has 4 nitrogen and oxygen atoms in total. The first-order valence-corrected chi connectivity index (χ1v) is 6.60. The molecule has 1 fully saturated rings. The Hall–Kier alpha value is -0.980. The second-order valence-electron chi connectivity index (χ2n) is 6.77. The van der Waals surface area contributed by atoms with Gasteiger partial charge in [0, 0.05) is 19.6 Å². The van der Waals surface area contributed by atoms with Crippen LogP contribution >= 0.6 is 0 Å². The van der Waals surface area contributed by atoms with E-state index in [1.54, 1.807) is 34.6 Å². The van der Waals surface area contributed by atoms with Crippen molar-refractivity contribution in [1.82, 2.24) is 9.80 Å². The smallest absolute Gasteiger partial charge is 0.410 e. The molecule has 0 aromatic carbocycles. The van der Waals surface area contributed by atoms with Crippen molar-refractivity contribution in [3.63, 3.8) is 0 Å². The van der Waals surface area contributed by atoms with E-state index < -0.39 is 30.0 Å². The van der Waals surface area contributed by atoms with Crippen molar-refractivity contribution >= 4 is 6.09 Å². The van der Waals surface area contributed by atoms with E-state index in [9.17, 15) is 18.0 Å². The van der Waals surface area contributed by atoms with E-state index in [2.05, 4.69) is 0 Å². The Balaban J connectivity index is 2.69. The Morgan fingerprint density at radius 2 is 1.75 bits per heavy atom. The fourth-order valence-electron chi connectivity index (χ4n) is 2.30. The van der Waals surface area contributed by atoms with Crippen molar-refractivity contribution in [2.45, 2.75) is 51.9 Å². The lowest BCUT2D eigenvalue weighted by Gasteiger charge is -2.47. The molecule has 0 aromatic heterocycles. The number of hydrogen-bond donors (Lipinski definition) is 0. The molecule has 0 aromatic rings. The summed E-state index contributed by atoms with van der Waals surface area (Å²) < 4.78 is 42.6. The summed E-state index contributed by atoms with van der Waals surface area (Å²) in [4.78, 5) is 14.9. The lowest BCUT2D eigenvalue weighted by atomic mass is 9.99. The molecule has 1 aliphatic rings. The van der Waals surface area contributed by atoms with Crippen LogP contribution in [-0.4, -0.2) is 59.4 Å². The number of piperazine rings is 1. The van der Waals surface area contributed by atoms with Crippen LogP contribution in [0.3, 0.4) is 0 Å². The van der Waals surface area contributed by atoms with E-state index in [0.29, 0.717) is 0 Å². The Morgan fingerprint density at radius 3 is 2.15 bits per heavy atom. The summed E-state index contributed by atoms with van der Waals surface area (Å²) in [5.74, 6) is 0. The molecule has 0 atom stereocenters. The van der Waals surface area contributed by atoms with Crippen LogP contribution in [-0.2, 0) is 4.74 Å². The number of alkyl halides is 3. The molecule has 7 heteroatoms. The van der Waals surface area contributed by atoms with Gasteiger partial charge in [-0.2, -0.15) is 13.2 Å². The molecule has 0 N–H and O–H groups in total. The summed E-state index contributed by atoms with van der Waals surface area (Å²) in [5.41, 5.74) is -1.30. The van der Waals surface area contributed by atoms with Crippen molar-refractivity contribution in [2.75, 3.05) is 26.2 Å². The molecular formula is C13H23F3N2O2. The third-order valence-corrected chi connectivity index (χ3v) is 3.00. The minimum Gasteiger partial charge on any atom is -0.444 e. The fourth-order valence-corrected chi connectivity index (χ4v) is 2.30. The van der Waals surface area contributed by atoms with Crippen LogP contribution in [0.2, 0.25) is 0 Å². The third kappa shape index (κ3) is 5.19. The number of rotatable bonds is 1. The van der Waals surface area contributed by atoms with Gasteiger partial charge in [-0.15, -0.1) is 0 Å². The van der Waals surface area contributed by atoms with E-state index in [4.69, 9.17) is 4.74 Å². The summed E-state index contributed by atoms with van der Waals surface area (Å²) in [6.45, 7) is 8.44. The fraction of sp³-hybridized carbons (Fsp3) is 0.923. The van der Waals surface area contributed by atoms with Gasteiger partial charge < -0.3 is 9.64 Å². The van der Waals surface area contributed by atoms with Crippen molar-refractivity contribution < 1.29 is 22.7 Å². The average Bonchev–Trinajstić information content (AvgIpc) is 2.09. The molecule has 1 saturated heterocycles. The van der Waals surface area contributed by atoms with Crippen molar-refractivity contribution in [3.05, 3.63) is 0 Å². The van der Waals surface area contributed by atoms with Gasteiger partial charge in [0.05, 0.1) is 12.1 Å². The molecule has 0 radical (unpaired) electrons. The zero-order valence-corrected chi connectivity index (χ0v) is 12.7. The lowest BCUT2D eigenvalue weighted by Crippen LogP contribution is -2.62. The molecule has 1 amide bonds. The van der Waals surface area contributed by atoms with Crippen LogP contribution in [0, 0.1) is 0 Å². The highest BCUT2D eigenvalue weighted by molar-refractivity contribution is 5.69. The van der Waals surface area contributed by atoms with Crippen LogP contribution < -0.4 is 0 Å². The zero-order valence-electron chi connectivity index (χ0n) is 12.7. The standard InChI is InChI=1S/C13H23F3N2O2/c1-11(2,3)20-10(19)18-7-6-17(8-12(18,4)5)9-13(14,15)16/h6-9H2,1-5H3. The Morgan fingerprint density at radius 1 is 1.20 bits per heavy atom. The molecule has 1 aliphatic heterocycles. The number of halogens is 3. The van der Waals surface area contributed by atoms with Crippen molar-refractivity contribution in [2.24, 2.45) is 0 Å². The summed E-state index contributed by atoms with van der Waals surface area (Å²) in [5, 5.41) is 0. The Kier molecular flexibility index (Phi) is 4.63. The second-order valence-corrected chi connectivity index (χ2v) is 6.77. The highest BCUT2D eigenvalue weighted by atomic mass is 19.4. The monoisotopic (exact) mass is 296 g/mol. The summed E-state index contributed by atoms with van der Waals surface area (Å²) in [6.07, 6.45) is -4.70. The summed E-state index contributed by atoms with van der Waals surface area (Å²) in [7, 11) is 0. The molecule has 0 spiro atoms. The maximum absolute atomic E-state index is 12.4. The number of ether oxygens (including phenoxy) is 1. The second kappa shape index (κ2) is 5.42. The average molecular weight is 296 g/mol. The first kappa shape index (κ1) is 17.1. The minimum atomic E-state index is -4.22. The maximum atomic E-state index is 12.4. The molecule has 118 valence electrons. The number of amides is 1. The molecule has 1 rings (SSSR count). The first-order chi connectivity index (χ1) is 8.80. The quantitative estimate of drug-likeness (QED) is 0.746. The predicted octanol–water partition coefficient (Wildman–Crippen LogP) is 2.88. The van der Waals surface area contributed by atoms with E-state index in [0.717, 1.165) is 0 Å². The molecule has 1 heterocycles. The van der Waals surface area contributed by atoms with Crippen LogP contribution in [0.25, 0.3) is 0 Å². The summed E-state index contributed by atoms with van der Waals surface area (Å²) >= 11 is 0. The van der Waals surface area contributed by atoms with Gasteiger partial charge in [-0.05, 0) is 34.6 Å². The van der Waals surface area contributed by atoms with Crippen molar-refractivity contribution in [1.29, 1.82) is 0 Å². The van der Waals surface area contributed by atoms with Gasteiger partial charge in [-0.25, -0.2) is 4.79 Å². The van der Waals surface area contributed by atoms with Gasteiger partial charge in [0.15, 0.2) is 0 Å². The van der Waals surface area contributed by atoms with Gasteiger partial charge >= 0.3 is 12.3 Å². The molecule has 0 bridgehead atoms. The van der Waals surface area contributed by atoms with E-state index in [1.165, 1.54) is 9.80 Å². The molecule has 0 aliphatic carbocycles. The zero-order chi connectivity index (χ0) is 15.8. The predicted molar refractivity (Wildman–Crippen MR) is 69.5 cm³/mol. The van der Waals surface area contributed by atoms with E-state index in [1.807, 2.05) is 0 Å². The van der Waals surface area contributed by atoms with E-state index in [-0.39, 0.29) is 19.6 Å². The Bertz CT molecular complexity index is 362. The SMILES string of the molecule is CC(C)(C)OC(=O)N1CCN(CC(F)(F)F)CC1(C)C. The number of hydrogen-bond acceptors (Lipinski definition) is 3. The third-order valence-electron chi connectivity index (χ3n) is 3.00. The first-order valence-electron chi connectivity index (χ1n) is 6.60. The van der Waals surface area contributed by atoms with E-state index >= 15 is 0 Å². The van der Waals surface area contributed by atoms with Gasteiger partial charge in [0.1, 0.15) is 5.60 Å². The largest absolute Gasteiger partial charge is 0.444 e. The Labute approximate surface area is 117 Å². The number of carbonyl (C=O) groups excluding carboxylic acids is 1. The molecule has 0 unspecified atom stereocenters. The topological polar surface area (TPSA) is 32.8 Å². The van der Waals surface area contributed by atoms with Crippen molar-refractivity contribution in [3.8, 4) is 0 Å². The summed E-state index contributed by atoms with van der Waals surface area (Å²) in [6, 6.07) is 0. The van der Waals surface area contributed by atoms with Crippen LogP contribution in [0.4, 0.5) is 18.0 Å². The highest BCUT2D eigenvalue weighted by Gasteiger charge is 2.41. The van der Waals surface area contributed by atoms with Gasteiger partial charge in [-0.3, -0.25) is 4.90 Å².